The first-order valence-corrected chi connectivity index (χ1v) is 4.81. The summed E-state index contributed by atoms with van der Waals surface area (Å²) in [5.41, 5.74) is 4.77. The molecule has 0 spiro atoms. The third-order valence-corrected chi connectivity index (χ3v) is 1.77. The Kier molecular flexibility index (Phi) is 4.55. The highest BCUT2D eigenvalue weighted by Crippen LogP contribution is 2.18. The summed E-state index contributed by atoms with van der Waals surface area (Å²) in [5.74, 6) is -1.14. The van der Waals surface area contributed by atoms with Crippen LogP contribution in [0.5, 0.6) is 0 Å². The molecule has 0 radical (unpaired) electrons. The average Bonchev–Trinajstić information content (AvgIpc) is 1.78. The third kappa shape index (κ3) is 4.58. The van der Waals surface area contributed by atoms with Gasteiger partial charge in [-0.3, -0.25) is 4.79 Å². The van der Waals surface area contributed by atoms with Gasteiger partial charge in [-0.2, -0.15) is 0 Å². The molecule has 0 aliphatic carbocycles. The van der Waals surface area contributed by atoms with Gasteiger partial charge in [-0.1, -0.05) is 13.8 Å². The SMILES string of the molecule is CC(C)C(C(=O)OC(C)(C)C)C(N)O. The largest absolute Gasteiger partial charge is 0.460 e. The van der Waals surface area contributed by atoms with Crippen LogP contribution in [-0.2, 0) is 9.53 Å². The smallest absolute Gasteiger partial charge is 0.313 e. The maximum Gasteiger partial charge on any atom is 0.313 e. The first kappa shape index (κ1) is 13.4. The van der Waals surface area contributed by atoms with Gasteiger partial charge in [-0.15, -0.1) is 0 Å². The molecule has 2 atom stereocenters. The first-order valence-electron chi connectivity index (χ1n) is 4.81. The molecule has 3 N–H and O–H groups in total. The highest BCUT2D eigenvalue weighted by atomic mass is 16.6. The number of aliphatic hydroxyl groups excluding tert-OH is 1. The number of hydrogen-bond donors (Lipinski definition) is 2. The fourth-order valence-corrected chi connectivity index (χ4v) is 1.18. The van der Waals surface area contributed by atoms with Gasteiger partial charge in [0.2, 0.25) is 0 Å². The average molecular weight is 203 g/mol. The van der Waals surface area contributed by atoms with Crippen molar-refractivity contribution in [2.24, 2.45) is 17.6 Å². The minimum absolute atomic E-state index is 0.0372. The molecule has 0 saturated carbocycles. The number of nitrogens with two attached hydrogens (primary N) is 1. The van der Waals surface area contributed by atoms with E-state index in [9.17, 15) is 9.90 Å². The predicted octanol–water partition coefficient (Wildman–Crippen LogP) is 0.877. The zero-order valence-electron chi connectivity index (χ0n) is 9.57. The van der Waals surface area contributed by atoms with Crippen LogP contribution in [0.2, 0.25) is 0 Å². The zero-order valence-corrected chi connectivity index (χ0v) is 9.57. The second kappa shape index (κ2) is 4.75. The molecule has 2 unspecified atom stereocenters. The van der Waals surface area contributed by atoms with Crippen molar-refractivity contribution in [2.45, 2.75) is 46.4 Å². The minimum atomic E-state index is -1.16. The fourth-order valence-electron chi connectivity index (χ4n) is 1.18. The van der Waals surface area contributed by atoms with Crippen molar-refractivity contribution in [3.8, 4) is 0 Å². The van der Waals surface area contributed by atoms with E-state index in [1.807, 2.05) is 13.8 Å². The predicted molar refractivity (Wildman–Crippen MR) is 54.4 cm³/mol. The summed E-state index contributed by atoms with van der Waals surface area (Å²) < 4.78 is 5.14. The van der Waals surface area contributed by atoms with E-state index in [4.69, 9.17) is 10.5 Å². The van der Waals surface area contributed by atoms with Crippen molar-refractivity contribution in [3.05, 3.63) is 0 Å². The molecule has 0 amide bonds. The van der Waals surface area contributed by atoms with Crippen molar-refractivity contribution >= 4 is 5.97 Å². The number of aliphatic hydroxyl groups is 1. The molecule has 0 saturated heterocycles. The number of esters is 1. The summed E-state index contributed by atoms with van der Waals surface area (Å²) in [4.78, 5) is 11.6. The molecule has 0 fully saturated rings. The van der Waals surface area contributed by atoms with E-state index in [0.717, 1.165) is 0 Å². The van der Waals surface area contributed by atoms with Crippen LogP contribution in [0.3, 0.4) is 0 Å². The van der Waals surface area contributed by atoms with Gasteiger partial charge in [0.05, 0.1) is 5.92 Å². The Morgan fingerprint density at radius 2 is 1.79 bits per heavy atom. The number of carbonyl (C=O) groups excluding carboxylic acids is 1. The van der Waals surface area contributed by atoms with Gasteiger partial charge in [-0.25, -0.2) is 0 Å². The van der Waals surface area contributed by atoms with Crippen molar-refractivity contribution in [2.75, 3.05) is 0 Å². The Morgan fingerprint density at radius 3 is 2.00 bits per heavy atom. The van der Waals surface area contributed by atoms with Crippen LogP contribution >= 0.6 is 0 Å². The number of ether oxygens (including phenoxy) is 1. The van der Waals surface area contributed by atoms with Crippen molar-refractivity contribution in [1.82, 2.24) is 0 Å². The van der Waals surface area contributed by atoms with Gasteiger partial charge in [-0.05, 0) is 26.7 Å². The van der Waals surface area contributed by atoms with E-state index < -0.39 is 23.7 Å². The van der Waals surface area contributed by atoms with Crippen LogP contribution < -0.4 is 5.73 Å². The Balaban J connectivity index is 4.47. The Morgan fingerprint density at radius 1 is 1.36 bits per heavy atom. The van der Waals surface area contributed by atoms with Gasteiger partial charge in [0.1, 0.15) is 11.8 Å². The zero-order chi connectivity index (χ0) is 11.5. The monoisotopic (exact) mass is 203 g/mol. The molecule has 0 aliphatic heterocycles. The minimum Gasteiger partial charge on any atom is -0.460 e. The van der Waals surface area contributed by atoms with Crippen LogP contribution in [0.15, 0.2) is 0 Å². The highest BCUT2D eigenvalue weighted by molar-refractivity contribution is 5.73. The lowest BCUT2D eigenvalue weighted by molar-refractivity contribution is -0.166. The molecular weight excluding hydrogens is 182 g/mol. The lowest BCUT2D eigenvalue weighted by Gasteiger charge is -2.27. The Labute approximate surface area is 85.4 Å². The normalized spacial score (nSPS) is 16.6. The molecule has 0 aromatic heterocycles. The van der Waals surface area contributed by atoms with Gasteiger partial charge in [0, 0.05) is 0 Å². The van der Waals surface area contributed by atoms with E-state index >= 15 is 0 Å². The first-order chi connectivity index (χ1) is 6.15. The molecule has 4 nitrogen and oxygen atoms in total. The molecule has 0 aromatic rings. The lowest BCUT2D eigenvalue weighted by atomic mass is 9.94. The van der Waals surface area contributed by atoms with Crippen LogP contribution in [0.4, 0.5) is 0 Å². The van der Waals surface area contributed by atoms with E-state index in [2.05, 4.69) is 0 Å². The molecule has 4 heteroatoms. The van der Waals surface area contributed by atoms with Gasteiger partial charge >= 0.3 is 5.97 Å². The molecule has 14 heavy (non-hydrogen) atoms. The number of carbonyl (C=O) groups is 1. The summed E-state index contributed by atoms with van der Waals surface area (Å²) in [7, 11) is 0. The van der Waals surface area contributed by atoms with E-state index in [0.29, 0.717) is 0 Å². The molecule has 0 heterocycles. The molecule has 0 bridgehead atoms. The van der Waals surface area contributed by atoms with Crippen molar-refractivity contribution in [1.29, 1.82) is 0 Å². The molecule has 84 valence electrons. The standard InChI is InChI=1S/C10H21NO3/c1-6(2)7(8(11)12)9(13)14-10(3,4)5/h6-8,12H,11H2,1-5H3. The lowest BCUT2D eigenvalue weighted by Crippen LogP contribution is -2.42. The van der Waals surface area contributed by atoms with Crippen LogP contribution in [0.1, 0.15) is 34.6 Å². The number of rotatable bonds is 3. The van der Waals surface area contributed by atoms with Gasteiger partial charge in [0.25, 0.3) is 0 Å². The van der Waals surface area contributed by atoms with E-state index in [-0.39, 0.29) is 5.92 Å². The summed E-state index contributed by atoms with van der Waals surface area (Å²) in [5, 5.41) is 9.23. The van der Waals surface area contributed by atoms with E-state index in [1.165, 1.54) is 0 Å². The maximum atomic E-state index is 11.6. The maximum absolute atomic E-state index is 11.6. The highest BCUT2D eigenvalue weighted by Gasteiger charge is 2.31. The second-order valence-electron chi connectivity index (χ2n) is 4.79. The Hall–Kier alpha value is -0.610. The summed E-state index contributed by atoms with van der Waals surface area (Å²) >= 11 is 0. The number of hydrogen-bond acceptors (Lipinski definition) is 4. The second-order valence-corrected chi connectivity index (χ2v) is 4.79. The fraction of sp³-hybridized carbons (Fsp3) is 0.900. The summed E-state index contributed by atoms with van der Waals surface area (Å²) in [6.45, 7) is 9.00. The van der Waals surface area contributed by atoms with Gasteiger partial charge < -0.3 is 15.6 Å². The molecular formula is C10H21NO3. The summed E-state index contributed by atoms with van der Waals surface area (Å²) in [6.07, 6.45) is -1.16. The molecule has 0 aromatic carbocycles. The van der Waals surface area contributed by atoms with Crippen LogP contribution in [-0.4, -0.2) is 22.9 Å². The molecule has 0 aliphatic rings. The molecule has 0 rings (SSSR count). The van der Waals surface area contributed by atoms with Crippen LogP contribution in [0.25, 0.3) is 0 Å². The van der Waals surface area contributed by atoms with Gasteiger partial charge in [0.15, 0.2) is 0 Å². The van der Waals surface area contributed by atoms with E-state index in [1.54, 1.807) is 20.8 Å². The quantitative estimate of drug-likeness (QED) is 0.527. The van der Waals surface area contributed by atoms with Crippen molar-refractivity contribution in [3.63, 3.8) is 0 Å². The van der Waals surface area contributed by atoms with Crippen molar-refractivity contribution < 1.29 is 14.6 Å². The van der Waals surface area contributed by atoms with Crippen LogP contribution in [0, 0.1) is 11.8 Å². The summed E-state index contributed by atoms with van der Waals surface area (Å²) in [6, 6.07) is 0. The Bertz CT molecular complexity index is 186. The third-order valence-electron chi connectivity index (χ3n) is 1.77. The topological polar surface area (TPSA) is 72.5 Å².